The van der Waals surface area contributed by atoms with Crippen LogP contribution in [0.2, 0.25) is 0 Å². The molecule has 0 radical (unpaired) electrons. The van der Waals surface area contributed by atoms with Gasteiger partial charge in [0.05, 0.1) is 11.5 Å². The summed E-state index contributed by atoms with van der Waals surface area (Å²) in [6, 6.07) is 0.190. The fourth-order valence-corrected chi connectivity index (χ4v) is 5.76. The van der Waals surface area contributed by atoms with Crippen molar-refractivity contribution in [1.29, 1.82) is 0 Å². The first kappa shape index (κ1) is 14.7. The van der Waals surface area contributed by atoms with E-state index in [4.69, 9.17) is 0 Å². The van der Waals surface area contributed by atoms with Gasteiger partial charge in [0.1, 0.15) is 0 Å². The molecule has 1 atom stereocenters. The van der Waals surface area contributed by atoms with Crippen molar-refractivity contribution in [2.45, 2.75) is 55.7 Å². The number of rotatable bonds is 4. The molecular weight excluding hydrogens is 266 g/mol. The predicted molar refractivity (Wildman–Crippen MR) is 79.0 cm³/mol. The zero-order valence-corrected chi connectivity index (χ0v) is 12.9. The lowest BCUT2D eigenvalue weighted by atomic mass is 9.88. The zero-order valence-electron chi connectivity index (χ0n) is 11.3. The van der Waals surface area contributed by atoms with Crippen LogP contribution in [0.5, 0.6) is 0 Å². The number of sulfone groups is 1. The highest BCUT2D eigenvalue weighted by Gasteiger charge is 2.33. The smallest absolute Gasteiger partial charge is 0.151 e. The highest BCUT2D eigenvalue weighted by atomic mass is 32.2. The molecule has 0 bridgehead atoms. The minimum Gasteiger partial charge on any atom is -0.312 e. The van der Waals surface area contributed by atoms with Crippen LogP contribution in [0.3, 0.4) is 0 Å². The lowest BCUT2D eigenvalue weighted by Crippen LogP contribution is -2.47. The molecule has 5 heteroatoms. The Morgan fingerprint density at radius 2 is 1.94 bits per heavy atom. The fourth-order valence-electron chi connectivity index (χ4n) is 3.16. The van der Waals surface area contributed by atoms with Crippen LogP contribution < -0.4 is 5.32 Å². The maximum absolute atomic E-state index is 11.6. The van der Waals surface area contributed by atoms with Crippen molar-refractivity contribution in [2.24, 2.45) is 0 Å². The third-order valence-corrected chi connectivity index (χ3v) is 7.61. The number of thioether (sulfide) groups is 1. The van der Waals surface area contributed by atoms with Crippen LogP contribution in [0, 0.1) is 0 Å². The van der Waals surface area contributed by atoms with Crippen LogP contribution in [0.1, 0.15) is 44.9 Å². The Balaban J connectivity index is 1.86. The fraction of sp³-hybridized carbons (Fsp3) is 1.00. The van der Waals surface area contributed by atoms with Crippen LogP contribution in [-0.2, 0) is 9.84 Å². The first-order valence-corrected chi connectivity index (χ1v) is 10.1. The molecular formula is C13H25NO2S2. The minimum atomic E-state index is -2.78. The molecule has 0 amide bonds. The number of hydrogen-bond acceptors (Lipinski definition) is 4. The monoisotopic (exact) mass is 291 g/mol. The molecule has 1 saturated carbocycles. The van der Waals surface area contributed by atoms with Crippen LogP contribution in [-0.4, -0.2) is 43.5 Å². The van der Waals surface area contributed by atoms with E-state index in [-0.39, 0.29) is 6.04 Å². The second-order valence-corrected chi connectivity index (χ2v) is 9.29. The maximum atomic E-state index is 11.6. The summed E-state index contributed by atoms with van der Waals surface area (Å²) in [5.74, 6) is 0.732. The first-order valence-electron chi connectivity index (χ1n) is 7.04. The summed E-state index contributed by atoms with van der Waals surface area (Å²) in [5, 5.41) is 3.54. The van der Waals surface area contributed by atoms with Crippen molar-refractivity contribution in [1.82, 2.24) is 5.32 Å². The van der Waals surface area contributed by atoms with E-state index < -0.39 is 9.84 Å². The molecule has 18 heavy (non-hydrogen) atoms. The second-order valence-electron chi connectivity index (χ2n) is 5.78. The molecule has 106 valence electrons. The van der Waals surface area contributed by atoms with Crippen molar-refractivity contribution in [3.63, 3.8) is 0 Å². The average molecular weight is 291 g/mol. The first-order chi connectivity index (χ1) is 8.55. The van der Waals surface area contributed by atoms with E-state index in [0.29, 0.717) is 16.3 Å². The van der Waals surface area contributed by atoms with Gasteiger partial charge < -0.3 is 5.32 Å². The van der Waals surface area contributed by atoms with E-state index in [2.05, 4.69) is 11.6 Å². The second kappa shape index (κ2) is 6.14. The third kappa shape index (κ3) is 3.87. The summed E-state index contributed by atoms with van der Waals surface area (Å²) in [6.45, 7) is 0.981. The molecule has 1 saturated heterocycles. The molecule has 0 aromatic rings. The van der Waals surface area contributed by atoms with Crippen molar-refractivity contribution in [3.8, 4) is 0 Å². The molecule has 0 aromatic carbocycles. The molecule has 2 aliphatic rings. The Bertz CT molecular complexity index is 361. The topological polar surface area (TPSA) is 46.2 Å². The van der Waals surface area contributed by atoms with Gasteiger partial charge in [-0.15, -0.1) is 0 Å². The van der Waals surface area contributed by atoms with Crippen LogP contribution >= 0.6 is 11.8 Å². The molecule has 1 N–H and O–H groups in total. The van der Waals surface area contributed by atoms with Gasteiger partial charge in [-0.05, 0) is 31.9 Å². The Hall–Kier alpha value is 0.260. The SMILES string of the molecule is CSC1(CNC2CCCS(=O)(=O)C2)CCCCC1. The predicted octanol–water partition coefficient (Wildman–Crippen LogP) is 2.22. The molecule has 1 aliphatic carbocycles. The zero-order chi connectivity index (χ0) is 13.1. The Morgan fingerprint density at radius 1 is 1.22 bits per heavy atom. The molecule has 2 fully saturated rings. The summed E-state index contributed by atoms with van der Waals surface area (Å²) in [4.78, 5) is 0. The summed E-state index contributed by atoms with van der Waals surface area (Å²) >= 11 is 1.97. The average Bonchev–Trinajstić information content (AvgIpc) is 2.36. The van der Waals surface area contributed by atoms with E-state index in [0.717, 1.165) is 19.4 Å². The largest absolute Gasteiger partial charge is 0.312 e. The molecule has 1 heterocycles. The van der Waals surface area contributed by atoms with Gasteiger partial charge in [-0.1, -0.05) is 19.3 Å². The van der Waals surface area contributed by atoms with Gasteiger partial charge in [0.2, 0.25) is 0 Å². The standard InChI is InChI=1S/C13H25NO2S2/c1-17-13(7-3-2-4-8-13)11-14-12-6-5-9-18(15,16)10-12/h12,14H,2-11H2,1H3. The Labute approximate surface area is 115 Å². The van der Waals surface area contributed by atoms with E-state index >= 15 is 0 Å². The maximum Gasteiger partial charge on any atom is 0.151 e. The van der Waals surface area contributed by atoms with Gasteiger partial charge in [-0.25, -0.2) is 8.42 Å². The molecule has 3 nitrogen and oxygen atoms in total. The van der Waals surface area contributed by atoms with Gasteiger partial charge in [0.25, 0.3) is 0 Å². The van der Waals surface area contributed by atoms with Crippen molar-refractivity contribution < 1.29 is 8.42 Å². The molecule has 0 spiro atoms. The Kier molecular flexibility index (Phi) is 5.00. The quantitative estimate of drug-likeness (QED) is 0.863. The van der Waals surface area contributed by atoms with Crippen molar-refractivity contribution in [3.05, 3.63) is 0 Å². The van der Waals surface area contributed by atoms with E-state index in [1.807, 2.05) is 11.8 Å². The van der Waals surface area contributed by atoms with E-state index in [9.17, 15) is 8.42 Å². The van der Waals surface area contributed by atoms with Crippen LogP contribution in [0.15, 0.2) is 0 Å². The molecule has 1 unspecified atom stereocenters. The highest BCUT2D eigenvalue weighted by molar-refractivity contribution is 8.00. The minimum absolute atomic E-state index is 0.190. The van der Waals surface area contributed by atoms with E-state index in [1.165, 1.54) is 32.1 Å². The number of hydrogen-bond donors (Lipinski definition) is 1. The molecule has 1 aliphatic heterocycles. The van der Waals surface area contributed by atoms with Gasteiger partial charge in [0.15, 0.2) is 9.84 Å². The van der Waals surface area contributed by atoms with Gasteiger partial charge in [-0.2, -0.15) is 11.8 Å². The lowest BCUT2D eigenvalue weighted by Gasteiger charge is -2.37. The molecule has 0 aromatic heterocycles. The van der Waals surface area contributed by atoms with Crippen molar-refractivity contribution in [2.75, 3.05) is 24.3 Å². The Morgan fingerprint density at radius 3 is 2.56 bits per heavy atom. The lowest BCUT2D eigenvalue weighted by molar-refractivity contribution is 0.358. The summed E-state index contributed by atoms with van der Waals surface area (Å²) in [6.07, 6.45) is 10.6. The van der Waals surface area contributed by atoms with Crippen molar-refractivity contribution >= 4 is 21.6 Å². The summed E-state index contributed by atoms with van der Waals surface area (Å²) in [5.41, 5.74) is 0. The van der Waals surface area contributed by atoms with Gasteiger partial charge in [0, 0.05) is 17.3 Å². The van der Waals surface area contributed by atoms with Gasteiger partial charge in [-0.3, -0.25) is 0 Å². The van der Waals surface area contributed by atoms with Crippen LogP contribution in [0.25, 0.3) is 0 Å². The highest BCUT2D eigenvalue weighted by Crippen LogP contribution is 2.38. The third-order valence-electron chi connectivity index (χ3n) is 4.37. The number of nitrogens with one attached hydrogen (secondary N) is 1. The summed E-state index contributed by atoms with van der Waals surface area (Å²) < 4.78 is 23.6. The molecule has 2 rings (SSSR count). The van der Waals surface area contributed by atoms with Crippen LogP contribution in [0.4, 0.5) is 0 Å². The normalized spacial score (nSPS) is 31.1. The summed E-state index contributed by atoms with van der Waals surface area (Å²) in [7, 11) is -2.78. The van der Waals surface area contributed by atoms with Gasteiger partial charge >= 0.3 is 0 Å². The van der Waals surface area contributed by atoms with E-state index in [1.54, 1.807) is 0 Å².